The first kappa shape index (κ1) is 20.2. The van der Waals surface area contributed by atoms with Gasteiger partial charge in [0.05, 0.1) is 6.04 Å². The summed E-state index contributed by atoms with van der Waals surface area (Å²) in [4.78, 5) is 14.5. The number of halogens is 3. The van der Waals surface area contributed by atoms with Crippen molar-refractivity contribution in [1.82, 2.24) is 25.1 Å². The van der Waals surface area contributed by atoms with Crippen molar-refractivity contribution < 1.29 is 22.4 Å². The number of hydrogen-bond donors (Lipinski definition) is 1. The van der Waals surface area contributed by atoms with Crippen LogP contribution >= 0.6 is 0 Å². The summed E-state index contributed by atoms with van der Waals surface area (Å²) >= 11 is 0. The molecular formula is C19H21F3N6O2. The molecule has 8 nitrogen and oxygen atoms in total. The fraction of sp³-hybridized carbons (Fsp3) is 0.474. The highest BCUT2D eigenvalue weighted by atomic mass is 19.4. The summed E-state index contributed by atoms with van der Waals surface area (Å²) in [5.74, 6) is 0.486. The predicted octanol–water partition coefficient (Wildman–Crippen LogP) is 3.14. The number of furan rings is 1. The smallest absolute Gasteiger partial charge is 0.453 e. The summed E-state index contributed by atoms with van der Waals surface area (Å²) in [6, 6.07) is 6.52. The molecule has 0 aliphatic carbocycles. The number of nitrogens with zero attached hydrogens (tertiary/aromatic N) is 5. The summed E-state index contributed by atoms with van der Waals surface area (Å²) in [5.41, 5.74) is 0.0301. The zero-order chi connectivity index (χ0) is 21.5. The van der Waals surface area contributed by atoms with Crippen molar-refractivity contribution in [2.75, 3.05) is 18.0 Å². The lowest BCUT2D eigenvalue weighted by molar-refractivity contribution is -0.146. The monoisotopic (exact) mass is 422 g/mol. The van der Waals surface area contributed by atoms with Gasteiger partial charge in [0.25, 0.3) is 5.82 Å². The molecule has 1 N–H and O–H groups in total. The van der Waals surface area contributed by atoms with E-state index in [0.717, 1.165) is 5.76 Å². The second-order valence-electron chi connectivity index (χ2n) is 7.42. The highest BCUT2D eigenvalue weighted by Crippen LogP contribution is 2.29. The number of piperidine rings is 1. The number of amides is 1. The Morgan fingerprint density at radius 2 is 1.93 bits per heavy atom. The molecule has 1 atom stereocenters. The number of alkyl halides is 3. The maximum absolute atomic E-state index is 13.1. The summed E-state index contributed by atoms with van der Waals surface area (Å²) < 4.78 is 45.5. The molecular weight excluding hydrogens is 401 g/mol. The third-order valence-electron chi connectivity index (χ3n) is 5.24. The second-order valence-corrected chi connectivity index (χ2v) is 7.42. The molecule has 1 aliphatic rings. The van der Waals surface area contributed by atoms with Crippen LogP contribution in [0.5, 0.6) is 0 Å². The van der Waals surface area contributed by atoms with E-state index in [0.29, 0.717) is 42.0 Å². The van der Waals surface area contributed by atoms with E-state index in [4.69, 9.17) is 4.42 Å². The quantitative estimate of drug-likeness (QED) is 0.695. The Bertz CT molecular complexity index is 1050. The predicted molar refractivity (Wildman–Crippen MR) is 101 cm³/mol. The van der Waals surface area contributed by atoms with E-state index in [2.05, 4.69) is 20.6 Å². The zero-order valence-corrected chi connectivity index (χ0v) is 16.5. The zero-order valence-electron chi connectivity index (χ0n) is 16.5. The van der Waals surface area contributed by atoms with Crippen LogP contribution < -0.4 is 10.2 Å². The molecule has 1 unspecified atom stereocenters. The fourth-order valence-electron chi connectivity index (χ4n) is 3.58. The molecule has 0 radical (unpaired) electrons. The number of hydrogen-bond acceptors (Lipinski definition) is 6. The summed E-state index contributed by atoms with van der Waals surface area (Å²) in [6.07, 6.45) is -3.49. The highest BCUT2D eigenvalue weighted by Gasteiger charge is 2.38. The molecule has 3 aromatic rings. The van der Waals surface area contributed by atoms with Gasteiger partial charge in [-0.05, 0) is 51.0 Å². The molecule has 11 heteroatoms. The van der Waals surface area contributed by atoms with Gasteiger partial charge in [-0.1, -0.05) is 0 Å². The van der Waals surface area contributed by atoms with Gasteiger partial charge in [-0.15, -0.1) is 15.3 Å². The number of aromatic nitrogens is 4. The lowest BCUT2D eigenvalue weighted by atomic mass is 9.95. The van der Waals surface area contributed by atoms with Crippen molar-refractivity contribution in [2.45, 2.75) is 38.9 Å². The number of nitrogens with one attached hydrogen (secondary N) is 1. The minimum Gasteiger partial charge on any atom is -0.464 e. The Morgan fingerprint density at radius 3 is 2.57 bits per heavy atom. The van der Waals surface area contributed by atoms with Crippen LogP contribution in [0.1, 0.15) is 43.2 Å². The summed E-state index contributed by atoms with van der Waals surface area (Å²) in [6.45, 7) is 4.72. The average molecular weight is 422 g/mol. The van der Waals surface area contributed by atoms with Gasteiger partial charge < -0.3 is 14.6 Å². The number of carbonyl (C=O) groups excluding carboxylic acids is 1. The highest BCUT2D eigenvalue weighted by molar-refractivity contribution is 5.79. The molecule has 30 heavy (non-hydrogen) atoms. The van der Waals surface area contributed by atoms with Crippen LogP contribution in [0.25, 0.3) is 5.65 Å². The molecule has 0 aromatic carbocycles. The van der Waals surface area contributed by atoms with Gasteiger partial charge in [0.2, 0.25) is 5.91 Å². The Morgan fingerprint density at radius 1 is 1.20 bits per heavy atom. The van der Waals surface area contributed by atoms with Gasteiger partial charge in [-0.3, -0.25) is 4.79 Å². The van der Waals surface area contributed by atoms with Gasteiger partial charge in [0.1, 0.15) is 17.3 Å². The molecule has 1 amide bonds. The van der Waals surface area contributed by atoms with Crippen LogP contribution in [-0.2, 0) is 11.0 Å². The van der Waals surface area contributed by atoms with E-state index in [1.54, 1.807) is 6.07 Å². The molecule has 4 rings (SSSR count). The lowest BCUT2D eigenvalue weighted by Crippen LogP contribution is -2.41. The van der Waals surface area contributed by atoms with Crippen molar-refractivity contribution in [3.63, 3.8) is 0 Å². The largest absolute Gasteiger partial charge is 0.464 e. The van der Waals surface area contributed by atoms with Crippen LogP contribution in [0.2, 0.25) is 0 Å². The second kappa shape index (κ2) is 7.62. The van der Waals surface area contributed by atoms with Crippen LogP contribution in [0.4, 0.5) is 19.0 Å². The SMILES string of the molecule is Cc1ccc(C(C)NC(=O)C2CCN(c3ccc4nnc(C(F)(F)F)n4n3)CC2)o1. The summed E-state index contributed by atoms with van der Waals surface area (Å²) in [7, 11) is 0. The molecule has 0 spiro atoms. The third-order valence-corrected chi connectivity index (χ3v) is 5.24. The van der Waals surface area contributed by atoms with Crippen molar-refractivity contribution in [3.8, 4) is 0 Å². The van der Waals surface area contributed by atoms with Gasteiger partial charge in [-0.25, -0.2) is 0 Å². The van der Waals surface area contributed by atoms with Crippen molar-refractivity contribution in [3.05, 3.63) is 41.6 Å². The van der Waals surface area contributed by atoms with Crippen molar-refractivity contribution >= 4 is 17.4 Å². The minimum atomic E-state index is -4.64. The van der Waals surface area contributed by atoms with Gasteiger partial charge in [0.15, 0.2) is 5.65 Å². The molecule has 4 heterocycles. The Kier molecular flexibility index (Phi) is 5.12. The van der Waals surface area contributed by atoms with Crippen LogP contribution in [-0.4, -0.2) is 38.8 Å². The Balaban J connectivity index is 1.40. The standard InChI is InChI=1S/C19H21F3N6O2/c1-11-3-4-14(30-11)12(2)23-17(29)13-7-9-27(10-8-13)16-6-5-15-24-25-18(19(20,21)22)28(15)26-16/h3-6,12-13H,7-10H2,1-2H3,(H,23,29). The maximum Gasteiger partial charge on any atom is 0.453 e. The van der Waals surface area contributed by atoms with Gasteiger partial charge in [0, 0.05) is 19.0 Å². The van der Waals surface area contributed by atoms with E-state index in [9.17, 15) is 18.0 Å². The maximum atomic E-state index is 13.1. The molecule has 160 valence electrons. The topological polar surface area (TPSA) is 88.6 Å². The van der Waals surface area contributed by atoms with Crippen LogP contribution in [0.3, 0.4) is 0 Å². The Hall–Kier alpha value is -3.11. The van der Waals surface area contributed by atoms with Gasteiger partial charge >= 0.3 is 6.18 Å². The normalized spacial score (nSPS) is 16.8. The molecule has 3 aromatic heterocycles. The number of aryl methyl sites for hydroxylation is 1. The fourth-order valence-corrected chi connectivity index (χ4v) is 3.58. The van der Waals surface area contributed by atoms with Crippen LogP contribution in [0, 0.1) is 12.8 Å². The van der Waals surface area contributed by atoms with E-state index < -0.39 is 12.0 Å². The first-order chi connectivity index (χ1) is 14.2. The molecule has 0 bridgehead atoms. The average Bonchev–Trinajstić information content (AvgIpc) is 3.33. The van der Waals surface area contributed by atoms with E-state index in [-0.39, 0.29) is 23.5 Å². The van der Waals surface area contributed by atoms with E-state index in [1.165, 1.54) is 6.07 Å². The number of rotatable bonds is 4. The number of anilines is 1. The van der Waals surface area contributed by atoms with Crippen molar-refractivity contribution in [1.29, 1.82) is 0 Å². The first-order valence-corrected chi connectivity index (χ1v) is 9.63. The molecule has 1 saturated heterocycles. The number of carbonyl (C=O) groups is 1. The van der Waals surface area contributed by atoms with Crippen LogP contribution in [0.15, 0.2) is 28.7 Å². The Labute approximate surface area is 170 Å². The number of fused-ring (bicyclic) bond motifs is 1. The molecule has 0 saturated carbocycles. The summed E-state index contributed by atoms with van der Waals surface area (Å²) in [5, 5.41) is 13.7. The van der Waals surface area contributed by atoms with Gasteiger partial charge in [-0.2, -0.15) is 17.7 Å². The molecule has 1 fully saturated rings. The van der Waals surface area contributed by atoms with Crippen molar-refractivity contribution in [2.24, 2.45) is 5.92 Å². The third kappa shape index (κ3) is 3.96. The molecule has 1 aliphatic heterocycles. The first-order valence-electron chi connectivity index (χ1n) is 9.63. The minimum absolute atomic E-state index is 0.0301. The lowest BCUT2D eigenvalue weighted by Gasteiger charge is -2.32. The van der Waals surface area contributed by atoms with E-state index in [1.807, 2.05) is 30.9 Å². The van der Waals surface area contributed by atoms with E-state index >= 15 is 0 Å².